The molecule has 1 heterocycles. The zero-order valence-electron chi connectivity index (χ0n) is 15.3. The predicted molar refractivity (Wildman–Crippen MR) is 95.2 cm³/mol. The summed E-state index contributed by atoms with van der Waals surface area (Å²) in [6.07, 6.45) is 19.9. The molecule has 0 unspecified atom stereocenters. The van der Waals surface area contributed by atoms with Gasteiger partial charge in [0.05, 0.1) is 13.2 Å². The number of rotatable bonds is 15. The normalized spacial score (nSPS) is 17.2. The van der Waals surface area contributed by atoms with Crippen LogP contribution in [0.4, 0.5) is 0 Å². The van der Waals surface area contributed by atoms with Crippen molar-refractivity contribution in [2.45, 2.75) is 116 Å². The van der Waals surface area contributed by atoms with Gasteiger partial charge in [-0.15, -0.1) is 0 Å². The molecule has 22 heavy (non-hydrogen) atoms. The van der Waals surface area contributed by atoms with E-state index in [1.54, 1.807) is 0 Å². The molecule has 0 bridgehead atoms. The Balaban J connectivity index is 1.97. The standard InChI is InChI=1S/C20H40O2/c1-3-5-7-8-9-10-11-12-13-15-17-20(16-14-6-4-2)21-18-19-22-20/h3-19H2,1-2H3. The first-order valence-corrected chi connectivity index (χ1v) is 10.1. The average molecular weight is 313 g/mol. The largest absolute Gasteiger partial charge is 0.348 e. The van der Waals surface area contributed by atoms with E-state index in [1.165, 1.54) is 83.5 Å². The van der Waals surface area contributed by atoms with Gasteiger partial charge in [0, 0.05) is 12.8 Å². The highest BCUT2D eigenvalue weighted by molar-refractivity contribution is 4.74. The summed E-state index contributed by atoms with van der Waals surface area (Å²) in [4.78, 5) is 0. The van der Waals surface area contributed by atoms with Crippen LogP contribution >= 0.6 is 0 Å². The highest BCUT2D eigenvalue weighted by Crippen LogP contribution is 2.31. The third kappa shape index (κ3) is 9.15. The van der Waals surface area contributed by atoms with Gasteiger partial charge in [-0.25, -0.2) is 0 Å². The second-order valence-electron chi connectivity index (χ2n) is 7.00. The molecule has 0 spiro atoms. The van der Waals surface area contributed by atoms with Crippen molar-refractivity contribution in [1.29, 1.82) is 0 Å². The Labute approximate surface area is 139 Å². The molecule has 1 saturated heterocycles. The van der Waals surface area contributed by atoms with E-state index < -0.39 is 0 Å². The van der Waals surface area contributed by atoms with E-state index in [0.717, 1.165) is 26.1 Å². The van der Waals surface area contributed by atoms with Crippen LogP contribution in [0.1, 0.15) is 110 Å². The lowest BCUT2D eigenvalue weighted by atomic mass is 9.99. The molecule has 2 heteroatoms. The molecule has 1 aliphatic heterocycles. The fourth-order valence-electron chi connectivity index (χ4n) is 3.44. The summed E-state index contributed by atoms with van der Waals surface area (Å²) in [5.41, 5.74) is 0. The van der Waals surface area contributed by atoms with Crippen LogP contribution in [0.5, 0.6) is 0 Å². The van der Waals surface area contributed by atoms with E-state index >= 15 is 0 Å². The summed E-state index contributed by atoms with van der Waals surface area (Å²) in [6.45, 7) is 6.13. The van der Waals surface area contributed by atoms with E-state index in [-0.39, 0.29) is 5.79 Å². The van der Waals surface area contributed by atoms with Crippen LogP contribution in [0.2, 0.25) is 0 Å². The smallest absolute Gasteiger partial charge is 0.168 e. The summed E-state index contributed by atoms with van der Waals surface area (Å²) in [6, 6.07) is 0. The summed E-state index contributed by atoms with van der Waals surface area (Å²) >= 11 is 0. The van der Waals surface area contributed by atoms with Crippen molar-refractivity contribution in [1.82, 2.24) is 0 Å². The maximum absolute atomic E-state index is 5.95. The van der Waals surface area contributed by atoms with Gasteiger partial charge in [0.25, 0.3) is 0 Å². The van der Waals surface area contributed by atoms with E-state index in [4.69, 9.17) is 9.47 Å². The summed E-state index contributed by atoms with van der Waals surface area (Å²) < 4.78 is 11.9. The lowest BCUT2D eigenvalue weighted by molar-refractivity contribution is -0.168. The second kappa shape index (κ2) is 13.4. The van der Waals surface area contributed by atoms with Crippen LogP contribution in [-0.2, 0) is 9.47 Å². The molecule has 0 radical (unpaired) electrons. The van der Waals surface area contributed by atoms with Gasteiger partial charge < -0.3 is 9.47 Å². The Morgan fingerprint density at radius 1 is 0.545 bits per heavy atom. The molecule has 132 valence electrons. The molecule has 1 fully saturated rings. The molecule has 0 N–H and O–H groups in total. The third-order valence-corrected chi connectivity index (χ3v) is 4.89. The Hall–Kier alpha value is -0.0800. The van der Waals surface area contributed by atoms with Gasteiger partial charge in [-0.3, -0.25) is 0 Å². The highest BCUT2D eigenvalue weighted by atomic mass is 16.7. The zero-order valence-corrected chi connectivity index (χ0v) is 15.3. The van der Waals surface area contributed by atoms with Gasteiger partial charge in [0.1, 0.15) is 0 Å². The first-order chi connectivity index (χ1) is 10.8. The molecule has 0 aromatic carbocycles. The molecule has 0 aromatic heterocycles. The van der Waals surface area contributed by atoms with Crippen LogP contribution in [0, 0.1) is 0 Å². The Morgan fingerprint density at radius 2 is 0.909 bits per heavy atom. The van der Waals surface area contributed by atoms with Crippen molar-refractivity contribution in [3.05, 3.63) is 0 Å². The molecule has 0 aromatic rings. The summed E-state index contributed by atoms with van der Waals surface area (Å²) in [5.74, 6) is -0.213. The SMILES string of the molecule is CCCCCCCCCCCCC1(CCCCC)OCCO1. The molecule has 0 atom stereocenters. The summed E-state index contributed by atoms with van der Waals surface area (Å²) in [5, 5.41) is 0. The van der Waals surface area contributed by atoms with Gasteiger partial charge in [-0.1, -0.05) is 84.5 Å². The van der Waals surface area contributed by atoms with Gasteiger partial charge in [-0.2, -0.15) is 0 Å². The quantitative estimate of drug-likeness (QED) is 0.316. The number of hydrogen-bond donors (Lipinski definition) is 0. The molecule has 1 rings (SSSR count). The minimum absolute atomic E-state index is 0.213. The Kier molecular flexibility index (Phi) is 12.1. The van der Waals surface area contributed by atoms with Crippen LogP contribution in [0.3, 0.4) is 0 Å². The maximum Gasteiger partial charge on any atom is 0.168 e. The molecule has 0 saturated carbocycles. The molecular formula is C20H40O2. The fraction of sp³-hybridized carbons (Fsp3) is 1.00. The molecule has 2 nitrogen and oxygen atoms in total. The molecular weight excluding hydrogens is 272 g/mol. The van der Waals surface area contributed by atoms with Crippen molar-refractivity contribution in [3.63, 3.8) is 0 Å². The lowest BCUT2D eigenvalue weighted by Crippen LogP contribution is -2.30. The van der Waals surface area contributed by atoms with Crippen LogP contribution in [0.25, 0.3) is 0 Å². The fourth-order valence-corrected chi connectivity index (χ4v) is 3.44. The van der Waals surface area contributed by atoms with Crippen molar-refractivity contribution in [2.75, 3.05) is 13.2 Å². The lowest BCUT2D eigenvalue weighted by Gasteiger charge is -2.27. The number of hydrogen-bond acceptors (Lipinski definition) is 2. The van der Waals surface area contributed by atoms with Crippen LogP contribution in [-0.4, -0.2) is 19.0 Å². The van der Waals surface area contributed by atoms with E-state index in [1.807, 2.05) is 0 Å². The monoisotopic (exact) mass is 312 g/mol. The van der Waals surface area contributed by atoms with Gasteiger partial charge in [0.2, 0.25) is 0 Å². The maximum atomic E-state index is 5.95. The third-order valence-electron chi connectivity index (χ3n) is 4.89. The molecule has 1 aliphatic rings. The van der Waals surface area contributed by atoms with Crippen LogP contribution in [0.15, 0.2) is 0 Å². The Morgan fingerprint density at radius 3 is 1.41 bits per heavy atom. The average Bonchev–Trinajstić information content (AvgIpc) is 2.98. The minimum Gasteiger partial charge on any atom is -0.348 e. The Bertz CT molecular complexity index is 234. The van der Waals surface area contributed by atoms with Crippen molar-refractivity contribution in [2.24, 2.45) is 0 Å². The predicted octanol–water partition coefficient (Wildman–Crippen LogP) is 6.62. The van der Waals surface area contributed by atoms with Gasteiger partial charge in [0.15, 0.2) is 5.79 Å². The molecule has 0 amide bonds. The zero-order chi connectivity index (χ0) is 15.9. The van der Waals surface area contributed by atoms with E-state index in [9.17, 15) is 0 Å². The highest BCUT2D eigenvalue weighted by Gasteiger charge is 2.34. The summed E-state index contributed by atoms with van der Waals surface area (Å²) in [7, 11) is 0. The van der Waals surface area contributed by atoms with Crippen LogP contribution < -0.4 is 0 Å². The van der Waals surface area contributed by atoms with E-state index in [0.29, 0.717) is 0 Å². The molecule has 0 aliphatic carbocycles. The van der Waals surface area contributed by atoms with Crippen molar-refractivity contribution in [3.8, 4) is 0 Å². The minimum atomic E-state index is -0.213. The van der Waals surface area contributed by atoms with Gasteiger partial charge in [-0.05, 0) is 12.8 Å². The van der Waals surface area contributed by atoms with Gasteiger partial charge >= 0.3 is 0 Å². The first-order valence-electron chi connectivity index (χ1n) is 10.1. The topological polar surface area (TPSA) is 18.5 Å². The second-order valence-corrected chi connectivity index (χ2v) is 7.00. The first kappa shape index (κ1) is 20.0. The number of unbranched alkanes of at least 4 members (excludes halogenated alkanes) is 11. The van der Waals surface area contributed by atoms with Crippen molar-refractivity contribution >= 4 is 0 Å². The van der Waals surface area contributed by atoms with Crippen molar-refractivity contribution < 1.29 is 9.47 Å². The van der Waals surface area contributed by atoms with E-state index in [2.05, 4.69) is 13.8 Å². The number of ether oxygens (including phenoxy) is 2.